The molecule has 0 aromatic heterocycles. The number of amides is 1. The van der Waals surface area contributed by atoms with Crippen LogP contribution in [0, 0.1) is 11.6 Å². The molecule has 0 spiro atoms. The Bertz CT molecular complexity index is 644. The Morgan fingerprint density at radius 1 is 1.20 bits per heavy atom. The molecule has 0 aliphatic rings. The van der Waals surface area contributed by atoms with Crippen LogP contribution in [0.1, 0.15) is 28.9 Å². The normalized spacial score (nSPS) is 11.9. The second kappa shape index (κ2) is 5.69. The fraction of sp³-hybridized carbons (Fsp3) is 0.133. The SMILES string of the molecule is CC(NC(=O)c1cccc(F)c1N)c1cccc(F)c1. The molecule has 0 aliphatic carbocycles. The van der Waals surface area contributed by atoms with E-state index in [-0.39, 0.29) is 17.1 Å². The lowest BCUT2D eigenvalue weighted by Crippen LogP contribution is -2.27. The first-order valence-corrected chi connectivity index (χ1v) is 6.09. The Kier molecular flexibility index (Phi) is 3.98. The van der Waals surface area contributed by atoms with Gasteiger partial charge in [0, 0.05) is 0 Å². The van der Waals surface area contributed by atoms with Crippen molar-refractivity contribution in [2.24, 2.45) is 0 Å². The number of benzene rings is 2. The molecule has 2 aromatic carbocycles. The quantitative estimate of drug-likeness (QED) is 0.847. The monoisotopic (exact) mass is 276 g/mol. The zero-order valence-corrected chi connectivity index (χ0v) is 10.9. The molecule has 0 heterocycles. The fourth-order valence-corrected chi connectivity index (χ4v) is 1.87. The van der Waals surface area contributed by atoms with Crippen molar-refractivity contribution in [1.82, 2.24) is 5.32 Å². The number of rotatable bonds is 3. The van der Waals surface area contributed by atoms with Crippen LogP contribution in [0.5, 0.6) is 0 Å². The van der Waals surface area contributed by atoms with Gasteiger partial charge in [0.05, 0.1) is 17.3 Å². The Morgan fingerprint density at radius 2 is 1.90 bits per heavy atom. The van der Waals surface area contributed by atoms with Gasteiger partial charge < -0.3 is 11.1 Å². The summed E-state index contributed by atoms with van der Waals surface area (Å²) in [5, 5.41) is 2.66. The van der Waals surface area contributed by atoms with Crippen LogP contribution in [0.4, 0.5) is 14.5 Å². The summed E-state index contributed by atoms with van der Waals surface area (Å²) in [7, 11) is 0. The number of nitrogen functional groups attached to an aromatic ring is 1. The molecule has 104 valence electrons. The van der Waals surface area contributed by atoms with E-state index < -0.39 is 17.8 Å². The van der Waals surface area contributed by atoms with E-state index in [4.69, 9.17) is 5.73 Å². The van der Waals surface area contributed by atoms with Gasteiger partial charge in [0.15, 0.2) is 0 Å². The summed E-state index contributed by atoms with van der Waals surface area (Å²) in [5.74, 6) is -1.52. The summed E-state index contributed by atoms with van der Waals surface area (Å²) >= 11 is 0. The highest BCUT2D eigenvalue weighted by molar-refractivity contribution is 5.99. The maximum Gasteiger partial charge on any atom is 0.253 e. The molecule has 0 bridgehead atoms. The number of para-hydroxylation sites is 1. The van der Waals surface area contributed by atoms with Gasteiger partial charge in [-0.15, -0.1) is 0 Å². The van der Waals surface area contributed by atoms with Crippen molar-refractivity contribution >= 4 is 11.6 Å². The number of anilines is 1. The molecule has 5 heteroatoms. The van der Waals surface area contributed by atoms with E-state index in [1.54, 1.807) is 19.1 Å². The third-order valence-corrected chi connectivity index (χ3v) is 2.99. The van der Waals surface area contributed by atoms with Crippen LogP contribution in [0.2, 0.25) is 0 Å². The Hall–Kier alpha value is -2.43. The number of nitrogens with one attached hydrogen (secondary N) is 1. The molecule has 20 heavy (non-hydrogen) atoms. The second-order valence-electron chi connectivity index (χ2n) is 4.45. The smallest absolute Gasteiger partial charge is 0.253 e. The third kappa shape index (κ3) is 2.93. The van der Waals surface area contributed by atoms with Crippen LogP contribution in [0.3, 0.4) is 0 Å². The van der Waals surface area contributed by atoms with Crippen LogP contribution in [-0.4, -0.2) is 5.91 Å². The van der Waals surface area contributed by atoms with Crippen molar-refractivity contribution < 1.29 is 13.6 Å². The zero-order chi connectivity index (χ0) is 14.7. The van der Waals surface area contributed by atoms with Crippen LogP contribution in [-0.2, 0) is 0 Å². The number of hydrogen-bond donors (Lipinski definition) is 2. The molecule has 2 rings (SSSR count). The summed E-state index contributed by atoms with van der Waals surface area (Å²) in [6, 6.07) is 9.53. The minimum atomic E-state index is -0.643. The highest BCUT2D eigenvalue weighted by Gasteiger charge is 2.15. The lowest BCUT2D eigenvalue weighted by Gasteiger charge is -2.15. The van der Waals surface area contributed by atoms with E-state index in [2.05, 4.69) is 5.32 Å². The number of carbonyl (C=O) groups is 1. The van der Waals surface area contributed by atoms with E-state index in [0.29, 0.717) is 5.56 Å². The topological polar surface area (TPSA) is 55.1 Å². The van der Waals surface area contributed by atoms with Crippen molar-refractivity contribution in [3.8, 4) is 0 Å². The second-order valence-corrected chi connectivity index (χ2v) is 4.45. The first-order valence-electron chi connectivity index (χ1n) is 6.09. The van der Waals surface area contributed by atoms with Gasteiger partial charge in [-0.05, 0) is 36.8 Å². The average Bonchev–Trinajstić information content (AvgIpc) is 2.41. The Balaban J connectivity index is 2.17. The standard InChI is InChI=1S/C15H14F2N2O/c1-9(10-4-2-5-11(16)8-10)19-15(20)12-6-3-7-13(17)14(12)18/h2-9H,18H2,1H3,(H,19,20). The van der Waals surface area contributed by atoms with E-state index in [1.165, 1.54) is 30.3 Å². The molecule has 2 aromatic rings. The number of halogens is 2. The fourth-order valence-electron chi connectivity index (χ4n) is 1.87. The maximum atomic E-state index is 13.3. The van der Waals surface area contributed by atoms with Crippen LogP contribution < -0.4 is 11.1 Å². The molecule has 3 N–H and O–H groups in total. The third-order valence-electron chi connectivity index (χ3n) is 2.99. The predicted molar refractivity (Wildman–Crippen MR) is 73.1 cm³/mol. The van der Waals surface area contributed by atoms with Crippen LogP contribution >= 0.6 is 0 Å². The molecule has 1 atom stereocenters. The van der Waals surface area contributed by atoms with Crippen molar-refractivity contribution in [3.05, 3.63) is 65.2 Å². The molecule has 0 saturated heterocycles. The van der Waals surface area contributed by atoms with Crippen molar-refractivity contribution in [3.63, 3.8) is 0 Å². The van der Waals surface area contributed by atoms with Crippen molar-refractivity contribution in [2.45, 2.75) is 13.0 Å². The maximum absolute atomic E-state index is 13.3. The summed E-state index contributed by atoms with van der Waals surface area (Å²) in [4.78, 5) is 12.0. The lowest BCUT2D eigenvalue weighted by molar-refractivity contribution is 0.0940. The molecule has 3 nitrogen and oxygen atoms in total. The summed E-state index contributed by atoms with van der Waals surface area (Å²) in [6.07, 6.45) is 0. The van der Waals surface area contributed by atoms with Crippen LogP contribution in [0.25, 0.3) is 0 Å². The Morgan fingerprint density at radius 3 is 2.60 bits per heavy atom. The molecular formula is C15H14F2N2O. The largest absolute Gasteiger partial charge is 0.396 e. The highest BCUT2D eigenvalue weighted by atomic mass is 19.1. The molecule has 1 amide bonds. The first kappa shape index (κ1) is 14.0. The molecule has 1 unspecified atom stereocenters. The number of carbonyl (C=O) groups excluding carboxylic acids is 1. The molecular weight excluding hydrogens is 262 g/mol. The molecule has 0 saturated carbocycles. The number of hydrogen-bond acceptors (Lipinski definition) is 2. The van der Waals surface area contributed by atoms with Crippen LogP contribution in [0.15, 0.2) is 42.5 Å². The predicted octanol–water partition coefficient (Wildman–Crippen LogP) is 3.04. The highest BCUT2D eigenvalue weighted by Crippen LogP contribution is 2.18. The van der Waals surface area contributed by atoms with Gasteiger partial charge in [-0.1, -0.05) is 18.2 Å². The van der Waals surface area contributed by atoms with E-state index in [0.717, 1.165) is 0 Å². The van der Waals surface area contributed by atoms with Gasteiger partial charge in [-0.3, -0.25) is 4.79 Å². The average molecular weight is 276 g/mol. The van der Waals surface area contributed by atoms with Gasteiger partial charge in [-0.2, -0.15) is 0 Å². The molecule has 0 aliphatic heterocycles. The van der Waals surface area contributed by atoms with Crippen molar-refractivity contribution in [1.29, 1.82) is 0 Å². The van der Waals surface area contributed by atoms with E-state index in [9.17, 15) is 13.6 Å². The Labute approximate surface area is 115 Å². The number of nitrogens with two attached hydrogens (primary N) is 1. The van der Waals surface area contributed by atoms with Gasteiger partial charge >= 0.3 is 0 Å². The van der Waals surface area contributed by atoms with Gasteiger partial charge in [0.2, 0.25) is 0 Å². The zero-order valence-electron chi connectivity index (χ0n) is 10.9. The van der Waals surface area contributed by atoms with E-state index in [1.807, 2.05) is 0 Å². The first-order chi connectivity index (χ1) is 9.49. The summed E-state index contributed by atoms with van der Waals surface area (Å²) < 4.78 is 26.4. The van der Waals surface area contributed by atoms with Gasteiger partial charge in [0.1, 0.15) is 11.6 Å². The van der Waals surface area contributed by atoms with Crippen molar-refractivity contribution in [2.75, 3.05) is 5.73 Å². The minimum absolute atomic E-state index is 0.0632. The molecule has 0 radical (unpaired) electrons. The van der Waals surface area contributed by atoms with Gasteiger partial charge in [-0.25, -0.2) is 8.78 Å². The minimum Gasteiger partial charge on any atom is -0.396 e. The summed E-state index contributed by atoms with van der Waals surface area (Å²) in [6.45, 7) is 1.71. The molecule has 0 fully saturated rings. The lowest BCUT2D eigenvalue weighted by atomic mass is 10.1. The summed E-state index contributed by atoms with van der Waals surface area (Å²) in [5.41, 5.74) is 6.01. The van der Waals surface area contributed by atoms with Gasteiger partial charge in [0.25, 0.3) is 5.91 Å². The van der Waals surface area contributed by atoms with E-state index >= 15 is 0 Å².